The summed E-state index contributed by atoms with van der Waals surface area (Å²) in [6.45, 7) is 2.66. The van der Waals surface area contributed by atoms with Crippen molar-refractivity contribution in [1.29, 1.82) is 0 Å². The number of carbonyl (C=O) groups excluding carboxylic acids is 1. The Hall–Kier alpha value is -2.49. The van der Waals surface area contributed by atoms with Crippen molar-refractivity contribution < 1.29 is 9.53 Å². The first-order valence-corrected chi connectivity index (χ1v) is 9.80. The molecule has 2 bridgehead atoms. The van der Waals surface area contributed by atoms with Gasteiger partial charge in [0.15, 0.2) is 5.82 Å². The molecule has 1 aliphatic rings. The Morgan fingerprint density at radius 1 is 1.30 bits per heavy atom. The van der Waals surface area contributed by atoms with Gasteiger partial charge in [-0.1, -0.05) is 6.07 Å². The molecule has 138 valence electrons. The molecule has 0 saturated carbocycles. The average Bonchev–Trinajstić information content (AvgIpc) is 3.15. The van der Waals surface area contributed by atoms with Crippen LogP contribution in [0.1, 0.15) is 36.2 Å². The number of benzene rings is 1. The van der Waals surface area contributed by atoms with Crippen LogP contribution in [-0.2, 0) is 0 Å². The predicted molar refractivity (Wildman–Crippen MR) is 110 cm³/mol. The van der Waals surface area contributed by atoms with Crippen molar-refractivity contribution in [2.75, 3.05) is 11.9 Å². The van der Waals surface area contributed by atoms with Crippen LogP contribution in [0.15, 0.2) is 42.7 Å². The van der Waals surface area contributed by atoms with Crippen LogP contribution in [0.2, 0.25) is 0 Å². The van der Waals surface area contributed by atoms with Crippen LogP contribution < -0.4 is 10.1 Å². The third-order valence-corrected chi connectivity index (χ3v) is 5.15. The minimum Gasteiger partial charge on any atom is -0.493 e. The van der Waals surface area contributed by atoms with Gasteiger partial charge >= 0.3 is 0 Å². The van der Waals surface area contributed by atoms with Gasteiger partial charge in [-0.25, -0.2) is 4.98 Å². The molecule has 0 aliphatic carbocycles. The molecule has 4 rings (SSSR count). The molecule has 0 spiro atoms. The van der Waals surface area contributed by atoms with Gasteiger partial charge in [0.1, 0.15) is 23.6 Å². The highest BCUT2D eigenvalue weighted by Gasteiger charge is 2.18. The molecule has 0 fully saturated rings. The number of anilines is 1. The molecular weight excluding hydrogens is 457 g/mol. The number of hydrogen-bond donors (Lipinski definition) is 1. The number of rotatable bonds is 0. The highest BCUT2D eigenvalue weighted by molar-refractivity contribution is 14.1. The number of amides is 1. The number of halogens is 1. The van der Waals surface area contributed by atoms with E-state index in [-0.39, 0.29) is 11.9 Å². The topological polar surface area (TPSA) is 81.9 Å². The molecule has 3 aromatic rings. The van der Waals surface area contributed by atoms with E-state index in [0.29, 0.717) is 35.3 Å². The van der Waals surface area contributed by atoms with E-state index in [1.807, 2.05) is 34.9 Å². The summed E-state index contributed by atoms with van der Waals surface area (Å²) in [4.78, 5) is 17.4. The maximum atomic E-state index is 12.8. The summed E-state index contributed by atoms with van der Waals surface area (Å²) in [6.07, 6.45) is 3.47. The molecule has 3 heterocycles. The molecule has 1 atom stereocenters. The fourth-order valence-corrected chi connectivity index (χ4v) is 3.56. The molecule has 1 aliphatic heterocycles. The van der Waals surface area contributed by atoms with Crippen LogP contribution in [-0.4, -0.2) is 32.3 Å². The number of hydrogen-bond acceptors (Lipinski definition) is 5. The van der Waals surface area contributed by atoms with Gasteiger partial charge in [0, 0.05) is 9.61 Å². The molecule has 1 N–H and O–H groups in total. The van der Waals surface area contributed by atoms with Crippen molar-refractivity contribution in [1.82, 2.24) is 19.7 Å². The zero-order valence-corrected chi connectivity index (χ0v) is 16.9. The highest BCUT2D eigenvalue weighted by Crippen LogP contribution is 2.26. The summed E-state index contributed by atoms with van der Waals surface area (Å²) in [5.74, 6) is 1.48. The van der Waals surface area contributed by atoms with Gasteiger partial charge in [-0.2, -0.15) is 0 Å². The lowest BCUT2D eigenvalue weighted by molar-refractivity contribution is 0.102. The number of nitrogens with one attached hydrogen (secondary N) is 1. The molecule has 8 heteroatoms. The number of fused-ring (bicyclic) bond motifs is 5. The van der Waals surface area contributed by atoms with Crippen molar-refractivity contribution >= 4 is 34.3 Å². The lowest BCUT2D eigenvalue weighted by atomic mass is 10.1. The molecule has 0 unspecified atom stereocenters. The maximum absolute atomic E-state index is 12.8. The van der Waals surface area contributed by atoms with E-state index in [4.69, 9.17) is 4.74 Å². The Kier molecular flexibility index (Phi) is 5.06. The van der Waals surface area contributed by atoms with Crippen molar-refractivity contribution in [3.63, 3.8) is 0 Å². The zero-order chi connectivity index (χ0) is 18.8. The summed E-state index contributed by atoms with van der Waals surface area (Å²) in [6, 6.07) is 11.3. The van der Waals surface area contributed by atoms with Crippen LogP contribution in [0.5, 0.6) is 5.75 Å². The van der Waals surface area contributed by atoms with E-state index in [2.05, 4.69) is 50.0 Å². The first-order chi connectivity index (χ1) is 13.1. The van der Waals surface area contributed by atoms with E-state index in [1.54, 1.807) is 12.4 Å². The van der Waals surface area contributed by atoms with Crippen molar-refractivity contribution in [3.05, 3.63) is 51.9 Å². The van der Waals surface area contributed by atoms with Gasteiger partial charge in [-0.3, -0.25) is 4.79 Å². The van der Waals surface area contributed by atoms with Gasteiger partial charge in [0.2, 0.25) is 0 Å². The first kappa shape index (κ1) is 17.9. The third kappa shape index (κ3) is 3.80. The standard InChI is InChI=1S/C19H18IN5O2/c1-12-4-3-9-27-16-8-7-13(20)10-14(16)19(26)23-17-6-2-5-15(22-17)18-24-21-11-25(12)18/h2,5-8,10-12H,3-4,9H2,1H3,(H,22,23,26)/t12-/m0/s1. The van der Waals surface area contributed by atoms with Crippen LogP contribution in [0, 0.1) is 3.57 Å². The first-order valence-electron chi connectivity index (χ1n) is 8.72. The average molecular weight is 475 g/mol. The van der Waals surface area contributed by atoms with Crippen molar-refractivity contribution in [2.24, 2.45) is 0 Å². The summed E-state index contributed by atoms with van der Waals surface area (Å²) < 4.78 is 8.88. The van der Waals surface area contributed by atoms with Crippen LogP contribution >= 0.6 is 22.6 Å². The SMILES string of the molecule is C[C@H]1CCCOc2ccc(I)cc2C(=O)Nc2cccc(n2)-c2nncn21. The second kappa shape index (κ2) is 7.63. The Labute approximate surface area is 170 Å². The molecule has 27 heavy (non-hydrogen) atoms. The minimum atomic E-state index is -0.250. The molecule has 1 aromatic carbocycles. The molecule has 0 saturated heterocycles. The summed E-state index contributed by atoms with van der Waals surface area (Å²) >= 11 is 2.19. The highest BCUT2D eigenvalue weighted by atomic mass is 127. The second-order valence-corrected chi connectivity index (χ2v) is 7.65. The fourth-order valence-electron chi connectivity index (χ4n) is 3.07. The van der Waals surface area contributed by atoms with E-state index in [9.17, 15) is 4.79 Å². The monoisotopic (exact) mass is 475 g/mol. The number of aromatic nitrogens is 4. The normalized spacial score (nSPS) is 17.1. The molecule has 2 aromatic heterocycles. The molecule has 7 nitrogen and oxygen atoms in total. The van der Waals surface area contributed by atoms with Gasteiger partial charge in [-0.05, 0) is 72.7 Å². The van der Waals surface area contributed by atoms with Gasteiger partial charge in [0.25, 0.3) is 5.91 Å². The number of pyridine rings is 1. The van der Waals surface area contributed by atoms with Crippen LogP contribution in [0.25, 0.3) is 11.5 Å². The number of carbonyl (C=O) groups is 1. The van der Waals surface area contributed by atoms with E-state index in [0.717, 1.165) is 16.4 Å². The molecular formula is C19H18IN5O2. The zero-order valence-electron chi connectivity index (χ0n) is 14.7. The Bertz CT molecular complexity index is 988. The Morgan fingerprint density at radius 2 is 2.19 bits per heavy atom. The van der Waals surface area contributed by atoms with E-state index in [1.165, 1.54) is 0 Å². The Morgan fingerprint density at radius 3 is 3.07 bits per heavy atom. The largest absolute Gasteiger partial charge is 0.493 e. The predicted octanol–water partition coefficient (Wildman–Crippen LogP) is 3.93. The number of ether oxygens (including phenoxy) is 1. The second-order valence-electron chi connectivity index (χ2n) is 6.40. The Balaban J connectivity index is 1.77. The third-order valence-electron chi connectivity index (χ3n) is 4.48. The van der Waals surface area contributed by atoms with Gasteiger partial charge in [0.05, 0.1) is 12.2 Å². The van der Waals surface area contributed by atoms with Crippen molar-refractivity contribution in [3.8, 4) is 17.3 Å². The lowest BCUT2D eigenvalue weighted by Gasteiger charge is -2.17. The molecule has 0 radical (unpaired) electrons. The fraction of sp³-hybridized carbons (Fsp3) is 0.263. The van der Waals surface area contributed by atoms with Gasteiger partial charge in [-0.15, -0.1) is 10.2 Å². The van der Waals surface area contributed by atoms with Crippen molar-refractivity contribution in [2.45, 2.75) is 25.8 Å². The summed E-state index contributed by atoms with van der Waals surface area (Å²) in [5.41, 5.74) is 1.18. The quantitative estimate of drug-likeness (QED) is 0.499. The molecule has 1 amide bonds. The smallest absolute Gasteiger partial charge is 0.260 e. The van der Waals surface area contributed by atoms with E-state index >= 15 is 0 Å². The lowest BCUT2D eigenvalue weighted by Crippen LogP contribution is -2.16. The van der Waals surface area contributed by atoms with Crippen LogP contribution in [0.3, 0.4) is 0 Å². The number of nitrogens with zero attached hydrogens (tertiary/aromatic N) is 4. The maximum Gasteiger partial charge on any atom is 0.260 e. The van der Waals surface area contributed by atoms with Gasteiger partial charge < -0.3 is 14.6 Å². The van der Waals surface area contributed by atoms with Crippen LogP contribution in [0.4, 0.5) is 5.82 Å². The van der Waals surface area contributed by atoms with E-state index < -0.39 is 0 Å². The summed E-state index contributed by atoms with van der Waals surface area (Å²) in [5, 5.41) is 11.1. The summed E-state index contributed by atoms with van der Waals surface area (Å²) in [7, 11) is 0. The minimum absolute atomic E-state index is 0.206.